The highest BCUT2D eigenvalue weighted by molar-refractivity contribution is 14.0. The Kier molecular flexibility index (Phi) is 10.9. The Morgan fingerprint density at radius 3 is 2.17 bits per heavy atom. The predicted octanol–water partition coefficient (Wildman–Crippen LogP) is 2.63. The standard InChI is InChI=1S/C17H31F3N4O3S.HI/c1-3-21-16(23-9-7-15(8-10-23)27-4-2)22-13-14-5-11-24(12-6-14)28(25,26)17(18,19)20;/h14-15H,3-13H2,1-2H3,(H,21,22);1H. The SMILES string of the molecule is CCNC(=NCC1CCN(S(=O)(=O)C(F)(F)F)CC1)N1CCC(OCC)CC1.I. The minimum atomic E-state index is -5.23. The number of ether oxygens (including phenoxy) is 1. The van der Waals surface area contributed by atoms with Crippen LogP contribution in [0.2, 0.25) is 0 Å². The third-order valence-electron chi connectivity index (χ3n) is 5.18. The number of likely N-dealkylation sites (tertiary alicyclic amines) is 1. The molecule has 172 valence electrons. The molecule has 0 aliphatic carbocycles. The van der Waals surface area contributed by atoms with Crippen molar-refractivity contribution >= 4 is 40.0 Å². The maximum absolute atomic E-state index is 12.7. The van der Waals surface area contributed by atoms with Gasteiger partial charge in [-0.2, -0.15) is 17.5 Å². The number of alkyl halides is 3. The van der Waals surface area contributed by atoms with E-state index in [2.05, 4.69) is 15.2 Å². The predicted molar refractivity (Wildman–Crippen MR) is 117 cm³/mol. The van der Waals surface area contributed by atoms with Crippen molar-refractivity contribution in [2.75, 3.05) is 45.9 Å². The monoisotopic (exact) mass is 556 g/mol. The zero-order chi connectivity index (χ0) is 20.8. The molecule has 0 amide bonds. The van der Waals surface area contributed by atoms with Gasteiger partial charge in [0.1, 0.15) is 0 Å². The summed E-state index contributed by atoms with van der Waals surface area (Å²) in [6.45, 7) is 7.36. The van der Waals surface area contributed by atoms with Crippen molar-refractivity contribution in [3.8, 4) is 0 Å². The van der Waals surface area contributed by atoms with Crippen LogP contribution in [0.25, 0.3) is 0 Å². The van der Waals surface area contributed by atoms with E-state index in [1.807, 2.05) is 13.8 Å². The summed E-state index contributed by atoms with van der Waals surface area (Å²) in [4.78, 5) is 6.85. The van der Waals surface area contributed by atoms with Gasteiger partial charge in [0.05, 0.1) is 6.10 Å². The van der Waals surface area contributed by atoms with Crippen molar-refractivity contribution in [3.05, 3.63) is 0 Å². The summed E-state index contributed by atoms with van der Waals surface area (Å²) in [5, 5.41) is 3.27. The lowest BCUT2D eigenvalue weighted by Gasteiger charge is -2.34. The molecule has 2 heterocycles. The van der Waals surface area contributed by atoms with E-state index >= 15 is 0 Å². The Morgan fingerprint density at radius 2 is 1.69 bits per heavy atom. The van der Waals surface area contributed by atoms with Gasteiger partial charge in [0, 0.05) is 45.9 Å². The topological polar surface area (TPSA) is 74.2 Å². The van der Waals surface area contributed by atoms with E-state index < -0.39 is 15.5 Å². The molecule has 0 aromatic carbocycles. The van der Waals surface area contributed by atoms with Crippen molar-refractivity contribution in [3.63, 3.8) is 0 Å². The van der Waals surface area contributed by atoms with Crippen LogP contribution in [0.1, 0.15) is 39.5 Å². The van der Waals surface area contributed by atoms with Crippen LogP contribution in [0.3, 0.4) is 0 Å². The first kappa shape index (κ1) is 26.7. The van der Waals surface area contributed by atoms with Crippen molar-refractivity contribution in [2.45, 2.75) is 51.1 Å². The van der Waals surface area contributed by atoms with E-state index in [1.165, 1.54) is 0 Å². The molecular weight excluding hydrogens is 524 g/mol. The number of nitrogens with one attached hydrogen (secondary N) is 1. The van der Waals surface area contributed by atoms with E-state index in [0.717, 1.165) is 38.4 Å². The second-order valence-corrected chi connectivity index (χ2v) is 9.06. The number of sulfonamides is 1. The van der Waals surface area contributed by atoms with Gasteiger partial charge in [0.15, 0.2) is 5.96 Å². The number of aliphatic imine (C=N–C) groups is 1. The van der Waals surface area contributed by atoms with Gasteiger partial charge in [-0.25, -0.2) is 8.42 Å². The van der Waals surface area contributed by atoms with E-state index in [-0.39, 0.29) is 49.1 Å². The molecule has 2 fully saturated rings. The molecule has 0 saturated carbocycles. The van der Waals surface area contributed by atoms with Gasteiger partial charge in [-0.05, 0) is 45.4 Å². The summed E-state index contributed by atoms with van der Waals surface area (Å²) in [6.07, 6.45) is 2.91. The van der Waals surface area contributed by atoms with E-state index in [9.17, 15) is 21.6 Å². The summed E-state index contributed by atoms with van der Waals surface area (Å²) in [5.74, 6) is 0.886. The molecule has 29 heavy (non-hydrogen) atoms. The largest absolute Gasteiger partial charge is 0.511 e. The Morgan fingerprint density at radius 1 is 1.10 bits per heavy atom. The third kappa shape index (κ3) is 7.39. The third-order valence-corrected chi connectivity index (χ3v) is 6.81. The molecule has 0 unspecified atom stereocenters. The van der Waals surface area contributed by atoms with Gasteiger partial charge in [-0.3, -0.25) is 4.99 Å². The van der Waals surface area contributed by atoms with Gasteiger partial charge in [0.25, 0.3) is 0 Å². The normalized spacial score (nSPS) is 21.1. The number of halogens is 4. The highest BCUT2D eigenvalue weighted by Gasteiger charge is 2.50. The summed E-state index contributed by atoms with van der Waals surface area (Å²) in [6, 6.07) is 0. The Bertz CT molecular complexity index is 618. The average molecular weight is 556 g/mol. The second kappa shape index (κ2) is 11.9. The molecule has 2 saturated heterocycles. The molecule has 2 aliphatic heterocycles. The minimum Gasteiger partial charge on any atom is -0.378 e. The van der Waals surface area contributed by atoms with Crippen molar-refractivity contribution in [1.82, 2.24) is 14.5 Å². The van der Waals surface area contributed by atoms with Gasteiger partial charge < -0.3 is 15.0 Å². The molecular formula is C17H32F3IN4O3S. The molecule has 0 radical (unpaired) electrons. The van der Waals surface area contributed by atoms with Crippen LogP contribution in [0.5, 0.6) is 0 Å². The van der Waals surface area contributed by atoms with Crippen LogP contribution in [0.4, 0.5) is 13.2 Å². The first-order valence-electron chi connectivity index (χ1n) is 9.90. The summed E-state index contributed by atoms with van der Waals surface area (Å²) < 4.78 is 67.2. The van der Waals surface area contributed by atoms with Crippen LogP contribution in [0.15, 0.2) is 4.99 Å². The molecule has 2 aliphatic rings. The molecule has 0 bridgehead atoms. The highest BCUT2D eigenvalue weighted by Crippen LogP contribution is 2.30. The molecule has 0 atom stereocenters. The molecule has 2 rings (SSSR count). The van der Waals surface area contributed by atoms with Gasteiger partial charge in [-0.15, -0.1) is 24.0 Å². The highest BCUT2D eigenvalue weighted by atomic mass is 127. The first-order valence-corrected chi connectivity index (χ1v) is 11.3. The molecule has 0 spiro atoms. The van der Waals surface area contributed by atoms with Crippen LogP contribution in [-0.2, 0) is 14.8 Å². The Labute approximate surface area is 188 Å². The van der Waals surface area contributed by atoms with Gasteiger partial charge in [-0.1, -0.05) is 0 Å². The maximum atomic E-state index is 12.7. The number of rotatable bonds is 6. The zero-order valence-corrected chi connectivity index (χ0v) is 20.1. The number of guanidine groups is 1. The smallest absolute Gasteiger partial charge is 0.378 e. The van der Waals surface area contributed by atoms with Gasteiger partial charge in [0.2, 0.25) is 0 Å². The van der Waals surface area contributed by atoms with Gasteiger partial charge >= 0.3 is 15.5 Å². The fourth-order valence-electron chi connectivity index (χ4n) is 3.59. The number of nitrogens with zero attached hydrogens (tertiary/aromatic N) is 3. The van der Waals surface area contributed by atoms with Crippen LogP contribution < -0.4 is 5.32 Å². The fourth-order valence-corrected chi connectivity index (χ4v) is 4.57. The molecule has 12 heteroatoms. The molecule has 0 aromatic rings. The number of piperidine rings is 2. The van der Waals surface area contributed by atoms with E-state index in [4.69, 9.17) is 4.74 Å². The number of hydrogen-bond donors (Lipinski definition) is 1. The minimum absolute atomic E-state index is 0. The summed E-state index contributed by atoms with van der Waals surface area (Å²) in [7, 11) is -5.22. The molecule has 1 N–H and O–H groups in total. The van der Waals surface area contributed by atoms with Crippen molar-refractivity contribution in [1.29, 1.82) is 0 Å². The molecule has 7 nitrogen and oxygen atoms in total. The van der Waals surface area contributed by atoms with Crippen molar-refractivity contribution in [2.24, 2.45) is 10.9 Å². The average Bonchev–Trinajstić information content (AvgIpc) is 2.65. The van der Waals surface area contributed by atoms with Crippen LogP contribution >= 0.6 is 24.0 Å². The maximum Gasteiger partial charge on any atom is 0.511 e. The lowest BCUT2D eigenvalue weighted by molar-refractivity contribution is -0.0496. The van der Waals surface area contributed by atoms with Crippen LogP contribution in [-0.4, -0.2) is 81.1 Å². The lowest BCUT2D eigenvalue weighted by Crippen LogP contribution is -2.47. The summed E-state index contributed by atoms with van der Waals surface area (Å²) in [5.41, 5.74) is -5.23. The Balaban J connectivity index is 0.00000420. The van der Waals surface area contributed by atoms with E-state index in [0.29, 0.717) is 30.3 Å². The lowest BCUT2D eigenvalue weighted by atomic mass is 9.98. The zero-order valence-electron chi connectivity index (χ0n) is 16.9. The molecule has 0 aromatic heterocycles. The Hall–Kier alpha value is -0.340. The quantitative estimate of drug-likeness (QED) is 0.310. The summed E-state index contributed by atoms with van der Waals surface area (Å²) >= 11 is 0. The van der Waals surface area contributed by atoms with Crippen molar-refractivity contribution < 1.29 is 26.3 Å². The first-order chi connectivity index (χ1) is 13.2. The van der Waals surface area contributed by atoms with E-state index in [1.54, 1.807) is 0 Å². The fraction of sp³-hybridized carbons (Fsp3) is 0.941. The second-order valence-electron chi connectivity index (χ2n) is 7.13. The van der Waals surface area contributed by atoms with Crippen LogP contribution in [0, 0.1) is 5.92 Å². The number of hydrogen-bond acceptors (Lipinski definition) is 4.